The second-order valence-electron chi connectivity index (χ2n) is 7.06. The molecule has 140 valence electrons. The van der Waals surface area contributed by atoms with Crippen molar-refractivity contribution in [1.29, 1.82) is 0 Å². The fourth-order valence-electron chi connectivity index (χ4n) is 2.74. The van der Waals surface area contributed by atoms with E-state index in [1.807, 2.05) is 0 Å². The quantitative estimate of drug-likeness (QED) is 0.688. The van der Waals surface area contributed by atoms with Crippen molar-refractivity contribution in [3.05, 3.63) is 65.1 Å². The summed E-state index contributed by atoms with van der Waals surface area (Å²) in [6.45, 7) is 5.33. The number of amides is 1. The predicted octanol–water partition coefficient (Wildman–Crippen LogP) is 4.60. The molecule has 27 heavy (non-hydrogen) atoms. The Morgan fingerprint density at radius 3 is 2.67 bits per heavy atom. The highest BCUT2D eigenvalue weighted by Crippen LogP contribution is 2.38. The van der Waals surface area contributed by atoms with Gasteiger partial charge in [0.2, 0.25) is 0 Å². The van der Waals surface area contributed by atoms with Gasteiger partial charge in [-0.3, -0.25) is 9.97 Å². The molecular weight excluding hydrogens is 366 g/mol. The average Bonchev–Trinajstić information content (AvgIpc) is 2.62. The molecule has 0 fully saturated rings. The van der Waals surface area contributed by atoms with Gasteiger partial charge < -0.3 is 15.2 Å². The first-order valence-corrected chi connectivity index (χ1v) is 8.79. The molecule has 1 aromatic carbocycles. The van der Waals surface area contributed by atoms with Crippen LogP contribution in [0.3, 0.4) is 0 Å². The normalized spacial score (nSPS) is 12.6. The molecule has 7 heteroatoms. The Labute approximate surface area is 162 Å². The molecule has 0 saturated carbocycles. The van der Waals surface area contributed by atoms with Gasteiger partial charge in [-0.2, -0.15) is 0 Å². The average molecular weight is 386 g/mol. The Morgan fingerprint density at radius 2 is 2.00 bits per heavy atom. The SMILES string of the molecule is CC(C)(C)OC(=O)NC(c1cccnc1)c1cc(Cl)c2cccnc2c1O. The van der Waals surface area contributed by atoms with Crippen molar-refractivity contribution in [3.8, 4) is 5.75 Å². The van der Waals surface area contributed by atoms with Gasteiger partial charge in [-0.1, -0.05) is 17.7 Å². The molecule has 2 heterocycles. The number of carbonyl (C=O) groups excluding carboxylic acids is 1. The number of pyridine rings is 2. The van der Waals surface area contributed by atoms with Crippen LogP contribution in [0.4, 0.5) is 4.79 Å². The van der Waals surface area contributed by atoms with Crippen LogP contribution in [0.2, 0.25) is 5.02 Å². The third kappa shape index (κ3) is 4.28. The van der Waals surface area contributed by atoms with Crippen molar-refractivity contribution >= 4 is 28.6 Å². The van der Waals surface area contributed by atoms with E-state index in [1.165, 1.54) is 0 Å². The van der Waals surface area contributed by atoms with Crippen molar-refractivity contribution in [2.24, 2.45) is 0 Å². The Bertz CT molecular complexity index is 971. The fraction of sp³-hybridized carbons (Fsp3) is 0.250. The molecule has 1 unspecified atom stereocenters. The molecule has 0 saturated heterocycles. The van der Waals surface area contributed by atoms with Crippen molar-refractivity contribution < 1.29 is 14.6 Å². The Hall–Kier alpha value is -2.86. The molecule has 3 rings (SSSR count). The zero-order chi connectivity index (χ0) is 19.6. The number of phenolic OH excluding ortho intramolecular Hbond substituents is 1. The minimum Gasteiger partial charge on any atom is -0.505 e. The van der Waals surface area contributed by atoms with Crippen molar-refractivity contribution in [2.75, 3.05) is 0 Å². The lowest BCUT2D eigenvalue weighted by Crippen LogP contribution is -2.35. The van der Waals surface area contributed by atoms with Crippen LogP contribution in [0, 0.1) is 0 Å². The number of phenols is 1. The first kappa shape index (κ1) is 18.9. The maximum absolute atomic E-state index is 12.4. The summed E-state index contributed by atoms with van der Waals surface area (Å²) in [4.78, 5) is 20.7. The van der Waals surface area contributed by atoms with E-state index in [9.17, 15) is 9.90 Å². The number of alkyl carbamates (subject to hydrolysis) is 1. The number of fused-ring (bicyclic) bond motifs is 1. The second kappa shape index (κ2) is 7.40. The van der Waals surface area contributed by atoms with E-state index in [1.54, 1.807) is 69.7 Å². The molecule has 0 radical (unpaired) electrons. The van der Waals surface area contributed by atoms with Gasteiger partial charge in [0.1, 0.15) is 16.9 Å². The third-order valence-electron chi connectivity index (χ3n) is 3.83. The Morgan fingerprint density at radius 1 is 1.26 bits per heavy atom. The molecule has 0 spiro atoms. The monoisotopic (exact) mass is 385 g/mol. The summed E-state index contributed by atoms with van der Waals surface area (Å²) in [6, 6.07) is 7.97. The molecule has 0 bridgehead atoms. The van der Waals surface area contributed by atoms with Crippen LogP contribution in [0.5, 0.6) is 5.75 Å². The molecule has 1 atom stereocenters. The molecule has 0 aliphatic heterocycles. The van der Waals surface area contributed by atoms with Crippen LogP contribution in [0.15, 0.2) is 48.9 Å². The van der Waals surface area contributed by atoms with E-state index in [2.05, 4.69) is 15.3 Å². The topological polar surface area (TPSA) is 84.3 Å². The molecular formula is C20H20ClN3O3. The maximum Gasteiger partial charge on any atom is 0.408 e. The smallest absolute Gasteiger partial charge is 0.408 e. The summed E-state index contributed by atoms with van der Waals surface area (Å²) in [5.74, 6) is -0.0556. The molecule has 1 amide bonds. The minimum absolute atomic E-state index is 0.0556. The zero-order valence-electron chi connectivity index (χ0n) is 15.2. The fourth-order valence-corrected chi connectivity index (χ4v) is 3.01. The number of hydrogen-bond donors (Lipinski definition) is 2. The predicted molar refractivity (Wildman–Crippen MR) is 104 cm³/mol. The minimum atomic E-state index is -0.711. The van der Waals surface area contributed by atoms with Crippen LogP contribution in [0.1, 0.15) is 37.9 Å². The Kier molecular flexibility index (Phi) is 5.19. The van der Waals surface area contributed by atoms with Gasteiger partial charge >= 0.3 is 6.09 Å². The van der Waals surface area contributed by atoms with E-state index >= 15 is 0 Å². The number of nitrogens with zero attached hydrogens (tertiary/aromatic N) is 2. The lowest BCUT2D eigenvalue weighted by Gasteiger charge is -2.25. The van der Waals surface area contributed by atoms with Crippen molar-refractivity contribution in [3.63, 3.8) is 0 Å². The molecule has 2 N–H and O–H groups in total. The molecule has 2 aromatic heterocycles. The number of hydrogen-bond acceptors (Lipinski definition) is 5. The van der Waals surface area contributed by atoms with Crippen LogP contribution < -0.4 is 5.32 Å². The van der Waals surface area contributed by atoms with E-state index in [4.69, 9.17) is 16.3 Å². The van der Waals surface area contributed by atoms with Gasteiger partial charge in [0, 0.05) is 29.5 Å². The van der Waals surface area contributed by atoms with Gasteiger partial charge in [0.05, 0.1) is 11.1 Å². The number of ether oxygens (including phenoxy) is 1. The van der Waals surface area contributed by atoms with Gasteiger partial charge in [-0.25, -0.2) is 4.79 Å². The van der Waals surface area contributed by atoms with E-state index in [0.29, 0.717) is 27.1 Å². The number of rotatable bonds is 3. The first-order valence-electron chi connectivity index (χ1n) is 8.42. The van der Waals surface area contributed by atoms with Crippen molar-refractivity contribution in [1.82, 2.24) is 15.3 Å². The molecule has 0 aliphatic carbocycles. The number of halogens is 1. The first-order chi connectivity index (χ1) is 12.8. The van der Waals surface area contributed by atoms with Crippen molar-refractivity contribution in [2.45, 2.75) is 32.4 Å². The van der Waals surface area contributed by atoms with Gasteiger partial charge in [0.15, 0.2) is 0 Å². The van der Waals surface area contributed by atoms with E-state index < -0.39 is 17.7 Å². The van der Waals surface area contributed by atoms with Crippen LogP contribution in [0.25, 0.3) is 10.9 Å². The standard InChI is InChI=1S/C20H20ClN3O3/c1-20(2,3)27-19(26)24-16(12-6-4-8-22-11-12)14-10-15(21)13-7-5-9-23-17(13)18(14)25/h4-11,16,25H,1-3H3,(H,24,26). The number of aromatic hydroxyl groups is 1. The number of carbonyl (C=O) groups is 1. The van der Waals surface area contributed by atoms with Gasteiger partial charge in [0.25, 0.3) is 0 Å². The summed E-state index contributed by atoms with van der Waals surface area (Å²) < 4.78 is 5.37. The summed E-state index contributed by atoms with van der Waals surface area (Å²) in [7, 11) is 0. The highest BCUT2D eigenvalue weighted by Gasteiger charge is 2.26. The summed E-state index contributed by atoms with van der Waals surface area (Å²) in [5.41, 5.74) is 0.781. The number of aromatic nitrogens is 2. The maximum atomic E-state index is 12.4. The van der Waals surface area contributed by atoms with E-state index in [-0.39, 0.29) is 5.75 Å². The number of nitrogens with one attached hydrogen (secondary N) is 1. The van der Waals surface area contributed by atoms with Crippen LogP contribution in [-0.2, 0) is 4.74 Å². The third-order valence-corrected chi connectivity index (χ3v) is 4.15. The van der Waals surface area contributed by atoms with Crippen LogP contribution >= 0.6 is 11.6 Å². The van der Waals surface area contributed by atoms with Crippen LogP contribution in [-0.4, -0.2) is 26.8 Å². The van der Waals surface area contributed by atoms with Gasteiger partial charge in [-0.15, -0.1) is 0 Å². The molecule has 3 aromatic rings. The number of benzene rings is 1. The highest BCUT2D eigenvalue weighted by molar-refractivity contribution is 6.35. The summed E-state index contributed by atoms with van der Waals surface area (Å²) in [6.07, 6.45) is 4.19. The highest BCUT2D eigenvalue weighted by atomic mass is 35.5. The molecule has 0 aliphatic rings. The zero-order valence-corrected chi connectivity index (χ0v) is 16.0. The summed E-state index contributed by atoms with van der Waals surface area (Å²) >= 11 is 6.40. The van der Waals surface area contributed by atoms with Gasteiger partial charge in [-0.05, 0) is 50.6 Å². The Balaban J connectivity index is 2.10. The van der Waals surface area contributed by atoms with E-state index in [0.717, 1.165) is 0 Å². The summed E-state index contributed by atoms with van der Waals surface area (Å²) in [5, 5.41) is 14.7. The second-order valence-corrected chi connectivity index (χ2v) is 7.47. The molecule has 6 nitrogen and oxygen atoms in total. The lowest BCUT2D eigenvalue weighted by molar-refractivity contribution is 0.0512. The lowest BCUT2D eigenvalue weighted by atomic mass is 9.97. The largest absolute Gasteiger partial charge is 0.505 e.